The second-order valence-electron chi connectivity index (χ2n) is 6.11. The average molecular weight is 367 g/mol. The lowest BCUT2D eigenvalue weighted by Crippen LogP contribution is -2.36. The predicted molar refractivity (Wildman–Crippen MR) is 100 cm³/mol. The summed E-state index contributed by atoms with van der Waals surface area (Å²) < 4.78 is 12.9. The summed E-state index contributed by atoms with van der Waals surface area (Å²) in [7, 11) is 3.74. The number of ether oxygens (including phenoxy) is 2. The number of methoxy groups -OCH3 is 1. The molecule has 1 aromatic heterocycles. The summed E-state index contributed by atoms with van der Waals surface area (Å²) in [5, 5.41) is 11.0. The van der Waals surface area contributed by atoms with E-state index in [2.05, 4.69) is 15.5 Å². The topological polar surface area (TPSA) is 46.9 Å². The lowest BCUT2D eigenvalue weighted by atomic mass is 10.2. The Hall–Kier alpha value is -1.53. The molecule has 0 aliphatic rings. The second-order valence-corrected chi connectivity index (χ2v) is 6.55. The summed E-state index contributed by atoms with van der Waals surface area (Å²) in [5.41, 5.74) is 1.21. The van der Waals surface area contributed by atoms with Crippen molar-refractivity contribution in [2.45, 2.75) is 19.1 Å². The van der Waals surface area contributed by atoms with Crippen LogP contribution < -0.4 is 4.74 Å². The summed E-state index contributed by atoms with van der Waals surface area (Å²) >= 11 is 5.86. The third kappa shape index (κ3) is 7.08. The highest BCUT2D eigenvalue weighted by Gasteiger charge is 2.14. The van der Waals surface area contributed by atoms with Crippen molar-refractivity contribution in [2.75, 3.05) is 33.4 Å². The highest BCUT2D eigenvalue weighted by molar-refractivity contribution is 6.30. The summed E-state index contributed by atoms with van der Waals surface area (Å²) in [6.45, 7) is 3.14. The van der Waals surface area contributed by atoms with Gasteiger partial charge < -0.3 is 19.1 Å². The Bertz CT molecular complexity index is 615. The standard InChI is InChI=1S/C19H27ClN2O3/c1-21-10-3-5-17(21)13-22(11-4-12-24-2)14-18(23)15-25-19-8-6-16(20)7-9-19/h3,5-10,18,23H,4,11-15H2,1-2H3. The summed E-state index contributed by atoms with van der Waals surface area (Å²) in [6.07, 6.45) is 2.38. The molecule has 1 aromatic carbocycles. The molecule has 1 heterocycles. The molecular formula is C19H27ClN2O3. The molecule has 0 aliphatic heterocycles. The summed E-state index contributed by atoms with van der Waals surface area (Å²) in [6, 6.07) is 11.3. The second kappa shape index (κ2) is 10.5. The molecule has 1 atom stereocenters. The van der Waals surface area contributed by atoms with Gasteiger partial charge in [0.05, 0.1) is 0 Å². The predicted octanol–water partition coefficient (Wildman–Crippen LogP) is 2.96. The van der Waals surface area contributed by atoms with Crippen LogP contribution in [0.2, 0.25) is 5.02 Å². The van der Waals surface area contributed by atoms with Crippen molar-refractivity contribution < 1.29 is 14.6 Å². The van der Waals surface area contributed by atoms with Crippen molar-refractivity contribution in [1.29, 1.82) is 0 Å². The monoisotopic (exact) mass is 366 g/mol. The first-order valence-corrected chi connectivity index (χ1v) is 8.84. The van der Waals surface area contributed by atoms with Crippen molar-refractivity contribution >= 4 is 11.6 Å². The van der Waals surface area contributed by atoms with Crippen LogP contribution in [0.15, 0.2) is 42.6 Å². The van der Waals surface area contributed by atoms with E-state index in [9.17, 15) is 5.11 Å². The summed E-state index contributed by atoms with van der Waals surface area (Å²) in [4.78, 5) is 2.23. The minimum absolute atomic E-state index is 0.246. The SMILES string of the molecule is COCCCN(Cc1cccn1C)CC(O)COc1ccc(Cl)cc1. The fourth-order valence-corrected chi connectivity index (χ4v) is 2.76. The molecule has 0 saturated carbocycles. The van der Waals surface area contributed by atoms with E-state index < -0.39 is 6.10 Å². The van der Waals surface area contributed by atoms with Crippen LogP contribution in [-0.2, 0) is 18.3 Å². The number of halogens is 1. The molecule has 5 nitrogen and oxygen atoms in total. The fourth-order valence-electron chi connectivity index (χ4n) is 2.63. The van der Waals surface area contributed by atoms with Gasteiger partial charge in [-0.25, -0.2) is 0 Å². The van der Waals surface area contributed by atoms with Gasteiger partial charge in [0.2, 0.25) is 0 Å². The Kier molecular flexibility index (Phi) is 8.28. The first-order valence-electron chi connectivity index (χ1n) is 8.46. The lowest BCUT2D eigenvalue weighted by Gasteiger charge is -2.25. The van der Waals surface area contributed by atoms with Crippen LogP contribution in [0.4, 0.5) is 0 Å². The maximum atomic E-state index is 10.4. The molecular weight excluding hydrogens is 340 g/mol. The van der Waals surface area contributed by atoms with Gasteiger partial charge in [-0.15, -0.1) is 0 Å². The quantitative estimate of drug-likeness (QED) is 0.621. The third-order valence-corrected chi connectivity index (χ3v) is 4.24. The zero-order valence-electron chi connectivity index (χ0n) is 14.9. The number of hydrogen-bond donors (Lipinski definition) is 1. The van der Waals surface area contributed by atoms with Crippen LogP contribution in [0.25, 0.3) is 0 Å². The number of aliphatic hydroxyl groups is 1. The van der Waals surface area contributed by atoms with E-state index in [0.717, 1.165) is 19.5 Å². The van der Waals surface area contributed by atoms with Crippen molar-refractivity contribution in [1.82, 2.24) is 9.47 Å². The molecule has 0 saturated heterocycles. The van der Waals surface area contributed by atoms with E-state index in [1.54, 1.807) is 31.4 Å². The first kappa shape index (κ1) is 19.8. The van der Waals surface area contributed by atoms with Crippen molar-refractivity contribution in [2.24, 2.45) is 7.05 Å². The Morgan fingerprint density at radius 3 is 2.64 bits per heavy atom. The van der Waals surface area contributed by atoms with Gasteiger partial charge in [0.1, 0.15) is 18.5 Å². The van der Waals surface area contributed by atoms with Gasteiger partial charge in [-0.05, 0) is 42.8 Å². The Labute approximate surface area is 154 Å². The molecule has 0 amide bonds. The highest BCUT2D eigenvalue weighted by Crippen LogP contribution is 2.16. The molecule has 0 fully saturated rings. The van der Waals surface area contributed by atoms with Crippen molar-refractivity contribution in [3.05, 3.63) is 53.3 Å². The van der Waals surface area contributed by atoms with Gasteiger partial charge in [0.15, 0.2) is 0 Å². The van der Waals surface area contributed by atoms with Gasteiger partial charge in [-0.2, -0.15) is 0 Å². The van der Waals surface area contributed by atoms with Gasteiger partial charge in [0.25, 0.3) is 0 Å². The largest absolute Gasteiger partial charge is 0.491 e. The number of hydrogen-bond acceptors (Lipinski definition) is 4. The van der Waals surface area contributed by atoms with Gasteiger partial charge in [-0.3, -0.25) is 4.90 Å². The molecule has 0 bridgehead atoms. The first-order chi connectivity index (χ1) is 12.1. The molecule has 0 spiro atoms. The number of rotatable bonds is 11. The van der Waals surface area contributed by atoms with Crippen LogP contribution in [0.1, 0.15) is 12.1 Å². The molecule has 138 valence electrons. The number of aromatic nitrogens is 1. The number of benzene rings is 1. The van der Waals surface area contributed by atoms with E-state index in [0.29, 0.717) is 23.9 Å². The van der Waals surface area contributed by atoms with Crippen molar-refractivity contribution in [3.63, 3.8) is 0 Å². The van der Waals surface area contributed by atoms with Crippen LogP contribution >= 0.6 is 11.6 Å². The maximum Gasteiger partial charge on any atom is 0.119 e. The zero-order valence-corrected chi connectivity index (χ0v) is 15.7. The normalized spacial score (nSPS) is 12.5. The molecule has 0 radical (unpaired) electrons. The molecule has 2 rings (SSSR count). The molecule has 1 N–H and O–H groups in total. The van der Waals surface area contributed by atoms with E-state index in [1.807, 2.05) is 19.3 Å². The summed E-state index contributed by atoms with van der Waals surface area (Å²) in [5.74, 6) is 0.705. The molecule has 1 unspecified atom stereocenters. The molecule has 0 aliphatic carbocycles. The minimum Gasteiger partial charge on any atom is -0.491 e. The van der Waals surface area contributed by atoms with Gasteiger partial charge in [-0.1, -0.05) is 11.6 Å². The Balaban J connectivity index is 1.85. The Morgan fingerprint density at radius 2 is 2.00 bits per heavy atom. The van der Waals surface area contributed by atoms with Crippen molar-refractivity contribution in [3.8, 4) is 5.75 Å². The van der Waals surface area contributed by atoms with Crippen LogP contribution in [0, 0.1) is 0 Å². The fraction of sp³-hybridized carbons (Fsp3) is 0.474. The number of aryl methyl sites for hydroxylation is 1. The van der Waals surface area contributed by atoms with Gasteiger partial charge >= 0.3 is 0 Å². The Morgan fingerprint density at radius 1 is 1.24 bits per heavy atom. The van der Waals surface area contributed by atoms with Crippen LogP contribution in [0.5, 0.6) is 5.75 Å². The molecule has 6 heteroatoms. The number of aliphatic hydroxyl groups excluding tert-OH is 1. The molecule has 2 aromatic rings. The van der Waals surface area contributed by atoms with E-state index >= 15 is 0 Å². The van der Waals surface area contributed by atoms with E-state index in [1.165, 1.54) is 5.69 Å². The molecule has 25 heavy (non-hydrogen) atoms. The van der Waals surface area contributed by atoms with Gasteiger partial charge in [0, 0.05) is 57.3 Å². The third-order valence-electron chi connectivity index (χ3n) is 3.98. The number of nitrogens with zero attached hydrogens (tertiary/aromatic N) is 2. The average Bonchev–Trinajstić information content (AvgIpc) is 2.99. The van der Waals surface area contributed by atoms with Crippen LogP contribution in [0.3, 0.4) is 0 Å². The highest BCUT2D eigenvalue weighted by atomic mass is 35.5. The zero-order chi connectivity index (χ0) is 18.1. The van der Waals surface area contributed by atoms with Crippen LogP contribution in [-0.4, -0.2) is 54.1 Å². The van der Waals surface area contributed by atoms with E-state index in [-0.39, 0.29) is 6.61 Å². The smallest absolute Gasteiger partial charge is 0.119 e. The minimum atomic E-state index is -0.571. The lowest BCUT2D eigenvalue weighted by molar-refractivity contribution is 0.0610. The maximum absolute atomic E-state index is 10.4. The van der Waals surface area contributed by atoms with E-state index in [4.69, 9.17) is 21.1 Å².